The first-order valence-electron chi connectivity index (χ1n) is 11.1. The van der Waals surface area contributed by atoms with Crippen LogP contribution in [0.1, 0.15) is 24.0 Å². The third-order valence-corrected chi connectivity index (χ3v) is 7.06. The molecule has 0 amide bonds. The van der Waals surface area contributed by atoms with Crippen LogP contribution in [0.2, 0.25) is 0 Å². The highest BCUT2D eigenvalue weighted by molar-refractivity contribution is 8.13. The Labute approximate surface area is 216 Å². The Kier molecular flexibility index (Phi) is 16.3. The second kappa shape index (κ2) is 17.0. The summed E-state index contributed by atoms with van der Waals surface area (Å²) in [5, 5.41) is 8.29. The van der Waals surface area contributed by atoms with Crippen LogP contribution in [-0.4, -0.2) is 86.2 Å². The Morgan fingerprint density at radius 1 is 0.743 bits per heavy atom. The summed E-state index contributed by atoms with van der Waals surface area (Å²) in [5.41, 5.74) is 2.03. The van der Waals surface area contributed by atoms with Gasteiger partial charge in [-0.05, 0) is 92.2 Å². The number of benzene rings is 2. The first-order chi connectivity index (χ1) is 16.2. The van der Waals surface area contributed by atoms with E-state index >= 15 is 0 Å². The molecule has 0 unspecified atom stereocenters. The van der Waals surface area contributed by atoms with Crippen LogP contribution in [0.4, 0.5) is 0 Å². The van der Waals surface area contributed by atoms with Crippen molar-refractivity contribution in [2.45, 2.75) is 36.5 Å². The fourth-order valence-corrected chi connectivity index (χ4v) is 4.12. The molecule has 8 nitrogen and oxygen atoms in total. The molecular formula is C24H39ClN2O6S2. The van der Waals surface area contributed by atoms with Crippen molar-refractivity contribution in [3.63, 3.8) is 0 Å². The maximum Gasteiger partial charge on any atom is 0.296 e. The lowest BCUT2D eigenvalue weighted by Gasteiger charge is -2.09. The van der Waals surface area contributed by atoms with Crippen molar-refractivity contribution in [1.29, 1.82) is 0 Å². The minimum Gasteiger partial charge on any atom is -0.396 e. The van der Waals surface area contributed by atoms with Gasteiger partial charge in [-0.15, -0.1) is 0 Å². The van der Waals surface area contributed by atoms with Gasteiger partial charge in [-0.3, -0.25) is 4.18 Å². The number of hydrogen-bond acceptors (Lipinski definition) is 8. The average Bonchev–Trinajstić information content (AvgIpc) is 2.76. The highest BCUT2D eigenvalue weighted by Gasteiger charge is 2.14. The zero-order valence-electron chi connectivity index (χ0n) is 21.4. The van der Waals surface area contributed by atoms with Crippen molar-refractivity contribution in [2.24, 2.45) is 0 Å². The molecule has 0 saturated heterocycles. The summed E-state index contributed by atoms with van der Waals surface area (Å²) in [6.07, 6.45) is 1.57. The largest absolute Gasteiger partial charge is 0.396 e. The van der Waals surface area contributed by atoms with Crippen LogP contribution in [0.5, 0.6) is 0 Å². The molecular weight excluding hydrogens is 512 g/mol. The van der Waals surface area contributed by atoms with Crippen LogP contribution in [-0.2, 0) is 23.4 Å². The number of hydrogen-bond donors (Lipinski definition) is 1. The van der Waals surface area contributed by atoms with Gasteiger partial charge in [-0.1, -0.05) is 35.4 Å². The van der Waals surface area contributed by atoms with Crippen LogP contribution >= 0.6 is 10.7 Å². The highest BCUT2D eigenvalue weighted by atomic mass is 35.7. The third kappa shape index (κ3) is 16.7. The van der Waals surface area contributed by atoms with E-state index in [0.717, 1.165) is 30.6 Å². The van der Waals surface area contributed by atoms with Crippen LogP contribution in [0.3, 0.4) is 0 Å². The van der Waals surface area contributed by atoms with Crippen molar-refractivity contribution in [3.8, 4) is 0 Å². The van der Waals surface area contributed by atoms with Gasteiger partial charge in [0, 0.05) is 17.3 Å². The maximum absolute atomic E-state index is 11.8. The van der Waals surface area contributed by atoms with E-state index in [0.29, 0.717) is 13.0 Å². The molecule has 0 spiro atoms. The fraction of sp³-hybridized carbons (Fsp3) is 0.500. The van der Waals surface area contributed by atoms with Crippen molar-refractivity contribution in [1.82, 2.24) is 9.80 Å². The number of halogens is 1. The van der Waals surface area contributed by atoms with Crippen molar-refractivity contribution >= 4 is 29.9 Å². The third-order valence-electron chi connectivity index (χ3n) is 4.36. The molecule has 11 heteroatoms. The normalized spacial score (nSPS) is 11.5. The molecule has 1 N–H and O–H groups in total. The van der Waals surface area contributed by atoms with E-state index in [1.807, 2.05) is 46.9 Å². The minimum atomic E-state index is -3.59. The molecule has 2 aromatic rings. The molecule has 2 aromatic carbocycles. The van der Waals surface area contributed by atoms with E-state index in [-0.39, 0.29) is 16.4 Å². The van der Waals surface area contributed by atoms with Crippen LogP contribution < -0.4 is 0 Å². The molecule has 0 aliphatic heterocycles. The summed E-state index contributed by atoms with van der Waals surface area (Å²) in [7, 11) is 5.81. The van der Waals surface area contributed by atoms with E-state index in [1.54, 1.807) is 36.4 Å². The zero-order valence-corrected chi connectivity index (χ0v) is 23.8. The molecule has 200 valence electrons. The number of aryl methyl sites for hydroxylation is 2. The van der Waals surface area contributed by atoms with Gasteiger partial charge in [-0.2, -0.15) is 8.42 Å². The number of rotatable bonds is 10. The van der Waals surface area contributed by atoms with E-state index in [1.165, 1.54) is 12.1 Å². The van der Waals surface area contributed by atoms with Gasteiger partial charge in [0.1, 0.15) is 0 Å². The molecule has 0 aromatic heterocycles. The molecule has 0 aliphatic carbocycles. The lowest BCUT2D eigenvalue weighted by Crippen LogP contribution is -2.16. The lowest BCUT2D eigenvalue weighted by molar-refractivity contribution is 0.263. The average molecular weight is 551 g/mol. The molecule has 0 aliphatic rings. The number of aliphatic hydroxyl groups excluding tert-OH is 1. The molecule has 0 radical (unpaired) electrons. The topological polar surface area (TPSA) is 104 Å². The van der Waals surface area contributed by atoms with Gasteiger partial charge in [0.25, 0.3) is 19.2 Å². The van der Waals surface area contributed by atoms with Crippen molar-refractivity contribution < 1.29 is 26.1 Å². The van der Waals surface area contributed by atoms with Crippen LogP contribution in [0.15, 0.2) is 58.3 Å². The van der Waals surface area contributed by atoms with Crippen molar-refractivity contribution in [2.75, 3.05) is 54.5 Å². The predicted octanol–water partition coefficient (Wildman–Crippen LogP) is 3.50. The first kappa shape index (κ1) is 33.5. The van der Waals surface area contributed by atoms with E-state index < -0.39 is 19.2 Å². The van der Waals surface area contributed by atoms with Crippen LogP contribution in [0.25, 0.3) is 0 Å². The van der Waals surface area contributed by atoms with Gasteiger partial charge in [0.05, 0.1) is 16.4 Å². The van der Waals surface area contributed by atoms with Crippen LogP contribution in [0, 0.1) is 13.8 Å². The molecule has 0 fully saturated rings. The highest BCUT2D eigenvalue weighted by Crippen LogP contribution is 2.15. The Morgan fingerprint density at radius 3 is 1.49 bits per heavy atom. The van der Waals surface area contributed by atoms with E-state index in [2.05, 4.69) is 4.90 Å². The SMILES string of the molecule is CN(C)CCCO.Cc1ccc(S(=O)(=O)Cl)cc1.Cc1ccc(S(=O)(=O)OCCCN(C)C)cc1. The quantitative estimate of drug-likeness (QED) is 0.272. The summed E-state index contributed by atoms with van der Waals surface area (Å²) >= 11 is 0. The maximum atomic E-state index is 11.8. The summed E-state index contributed by atoms with van der Waals surface area (Å²) < 4.78 is 49.9. The summed E-state index contributed by atoms with van der Waals surface area (Å²) in [6, 6.07) is 13.0. The second-order valence-corrected chi connectivity index (χ2v) is 12.6. The second-order valence-electron chi connectivity index (χ2n) is 8.38. The zero-order chi connectivity index (χ0) is 27.1. The van der Waals surface area contributed by atoms with E-state index in [4.69, 9.17) is 20.0 Å². The van der Waals surface area contributed by atoms with Gasteiger partial charge in [0.2, 0.25) is 0 Å². The summed E-state index contributed by atoms with van der Waals surface area (Å²) in [6.45, 7) is 6.10. The molecule has 0 atom stereocenters. The first-order valence-corrected chi connectivity index (χ1v) is 14.8. The molecule has 0 bridgehead atoms. The van der Waals surface area contributed by atoms with Gasteiger partial charge < -0.3 is 14.9 Å². The van der Waals surface area contributed by atoms with Gasteiger partial charge >= 0.3 is 0 Å². The lowest BCUT2D eigenvalue weighted by atomic mass is 10.2. The van der Waals surface area contributed by atoms with Gasteiger partial charge in [-0.25, -0.2) is 8.42 Å². The number of aliphatic hydroxyl groups is 1. The fourth-order valence-electron chi connectivity index (χ4n) is 2.41. The van der Waals surface area contributed by atoms with Gasteiger partial charge in [0.15, 0.2) is 0 Å². The standard InChI is InChI=1S/C12H19NO3S.C7H7ClO2S.C5H13NO/c1-11-5-7-12(8-6-11)17(14,15)16-10-4-9-13(2)3;1-6-2-4-7(5-3-6)11(8,9)10;1-6(2)4-3-5-7/h5-8H,4,9-10H2,1-3H3;2-5H,1H3;7H,3-5H2,1-2H3. The molecule has 0 heterocycles. The Morgan fingerprint density at radius 2 is 1.14 bits per heavy atom. The number of nitrogens with zero attached hydrogens (tertiary/aromatic N) is 2. The Bertz CT molecular complexity index is 1040. The Hall–Kier alpha value is -1.53. The molecule has 35 heavy (non-hydrogen) atoms. The summed E-state index contributed by atoms with van der Waals surface area (Å²) in [5.74, 6) is 0. The van der Waals surface area contributed by atoms with E-state index in [9.17, 15) is 16.8 Å². The molecule has 0 saturated carbocycles. The smallest absolute Gasteiger partial charge is 0.296 e. The van der Waals surface area contributed by atoms with Crippen molar-refractivity contribution in [3.05, 3.63) is 59.7 Å². The predicted molar refractivity (Wildman–Crippen MR) is 142 cm³/mol. The Balaban J connectivity index is 0.000000550. The summed E-state index contributed by atoms with van der Waals surface area (Å²) in [4.78, 5) is 4.40. The minimum absolute atomic E-state index is 0.143. The monoisotopic (exact) mass is 550 g/mol. The molecule has 2 rings (SSSR count).